The molecule has 0 aromatic heterocycles. The number of halogens is 2. The summed E-state index contributed by atoms with van der Waals surface area (Å²) in [5, 5.41) is 0. The van der Waals surface area contributed by atoms with E-state index in [1.54, 1.807) is 6.55 Å². The number of aryl methyl sites for hydroxylation is 3. The van der Waals surface area contributed by atoms with E-state index < -0.39 is 18.3 Å². The molecule has 272 valence electrons. The van der Waals surface area contributed by atoms with Crippen LogP contribution in [0.2, 0.25) is 0 Å². The van der Waals surface area contributed by atoms with Crippen LogP contribution < -0.4 is 9.81 Å². The molecule has 3 heteroatoms. The molecule has 0 atom stereocenters. The van der Waals surface area contributed by atoms with Gasteiger partial charge in [0, 0.05) is 0 Å². The van der Waals surface area contributed by atoms with Crippen LogP contribution in [0.1, 0.15) is 120 Å². The van der Waals surface area contributed by atoms with Crippen LogP contribution in [0.3, 0.4) is 0 Å². The minimum absolute atomic E-state index is 0. The Bertz CT molecular complexity index is 2080. The Balaban J connectivity index is 0.00000292. The SMILES string of the molecule is Cl.Cl.[CH2]=[Zr]([C]1=C(C(C)(C)C)C(C)=CC1)([c]1ccc(C)cc1)([c]1ccc(C)cc1)[c]1c(C)c(C(C)(C)C)cc2c1Cc1cc(C)c(C(C)(C)C)cc1-2. The summed E-state index contributed by atoms with van der Waals surface area (Å²) in [5.41, 5.74) is 17.2. The Morgan fingerprint density at radius 2 is 1.06 bits per heavy atom. The first-order chi connectivity index (χ1) is 22.6. The molecule has 4 aromatic rings. The second-order valence-electron chi connectivity index (χ2n) is 18.8. The Hall–Kier alpha value is -2.31. The maximum absolute atomic E-state index is 5.97. The van der Waals surface area contributed by atoms with Gasteiger partial charge in [0.25, 0.3) is 0 Å². The van der Waals surface area contributed by atoms with Gasteiger partial charge in [-0.1, -0.05) is 0 Å². The number of hydrogen-bond acceptors (Lipinski definition) is 0. The van der Waals surface area contributed by atoms with E-state index >= 15 is 0 Å². The molecule has 2 aliphatic carbocycles. The van der Waals surface area contributed by atoms with Crippen molar-refractivity contribution in [3.8, 4) is 11.1 Å². The van der Waals surface area contributed by atoms with Crippen LogP contribution in [0.15, 0.2) is 87.2 Å². The molecule has 0 saturated heterocycles. The van der Waals surface area contributed by atoms with Crippen LogP contribution in [0, 0.1) is 33.1 Å². The molecule has 0 amide bonds. The second-order valence-corrected chi connectivity index (χ2v) is 31.5. The predicted molar refractivity (Wildman–Crippen MR) is 229 cm³/mol. The van der Waals surface area contributed by atoms with Gasteiger partial charge in [-0.25, -0.2) is 0 Å². The van der Waals surface area contributed by atoms with Gasteiger partial charge in [-0.15, -0.1) is 24.8 Å². The Morgan fingerprint density at radius 3 is 1.51 bits per heavy atom. The van der Waals surface area contributed by atoms with E-state index in [1.165, 1.54) is 73.3 Å². The molecule has 0 aliphatic heterocycles. The average molecular weight is 801 g/mol. The molecule has 0 bridgehead atoms. The zero-order valence-corrected chi connectivity index (χ0v) is 38.0. The molecule has 0 nitrogen and oxygen atoms in total. The van der Waals surface area contributed by atoms with Crippen molar-refractivity contribution >= 4 is 38.8 Å². The van der Waals surface area contributed by atoms with Crippen molar-refractivity contribution in [3.63, 3.8) is 0 Å². The summed E-state index contributed by atoms with van der Waals surface area (Å²) in [6.45, 7) is 33.1. The van der Waals surface area contributed by atoms with Gasteiger partial charge in [0.15, 0.2) is 0 Å². The van der Waals surface area contributed by atoms with Crippen LogP contribution >= 0.6 is 24.8 Å². The standard InChI is InChI=1S/C23H29.C10H15.2C7H7.CH2.2ClH.Zr/c1-14-9-16-11-17-10-15(2)21(23(6,7)8)13-19(17)18(16)12-20(14)22(3,4)5;1-8-6-5-7-9(8)10(2,3)4;2*1-7-5-3-2-4-6-7;;;;/h9,12-13H,11H2,1-8H3;6H,5H2,1-4H3;2*3-6H,1H3;1H2;2*1H;. The number of hydrogen-bond donors (Lipinski definition) is 0. The van der Waals surface area contributed by atoms with Gasteiger partial charge in [0.1, 0.15) is 0 Å². The summed E-state index contributed by atoms with van der Waals surface area (Å²) in [4.78, 5) is 0. The minimum atomic E-state index is -5.07. The van der Waals surface area contributed by atoms with Gasteiger partial charge in [-0.2, -0.15) is 0 Å². The normalized spacial score (nSPS) is 14.8. The molecule has 0 saturated carbocycles. The van der Waals surface area contributed by atoms with Crippen molar-refractivity contribution in [1.82, 2.24) is 0 Å². The number of benzene rings is 4. The first-order valence-corrected chi connectivity index (χ1v) is 25.1. The van der Waals surface area contributed by atoms with Gasteiger partial charge >= 0.3 is 301 Å². The molecule has 0 spiro atoms. The summed E-state index contributed by atoms with van der Waals surface area (Å²) in [7, 11) is 0. The van der Waals surface area contributed by atoms with Crippen molar-refractivity contribution < 1.29 is 18.3 Å². The molecule has 0 radical (unpaired) electrons. The zero-order chi connectivity index (χ0) is 36.1. The molecular formula is C48H62Cl2Zr. The van der Waals surface area contributed by atoms with Gasteiger partial charge in [-0.3, -0.25) is 0 Å². The number of fused-ring (bicyclic) bond motifs is 3. The quantitative estimate of drug-likeness (QED) is 0.170. The van der Waals surface area contributed by atoms with E-state index in [0.717, 1.165) is 12.8 Å². The molecule has 6 rings (SSSR count). The summed E-state index contributed by atoms with van der Waals surface area (Å²) in [6, 6.07) is 27.0. The zero-order valence-electron chi connectivity index (χ0n) is 33.9. The average Bonchev–Trinajstić information content (AvgIpc) is 3.56. The van der Waals surface area contributed by atoms with Crippen molar-refractivity contribution in [1.29, 1.82) is 0 Å². The van der Waals surface area contributed by atoms with Crippen molar-refractivity contribution in [2.45, 2.75) is 121 Å². The first-order valence-electron chi connectivity index (χ1n) is 18.5. The topological polar surface area (TPSA) is 0 Å². The Kier molecular flexibility index (Phi) is 11.0. The van der Waals surface area contributed by atoms with E-state index in [2.05, 4.69) is 170 Å². The van der Waals surface area contributed by atoms with Gasteiger partial charge in [0.2, 0.25) is 0 Å². The molecule has 0 fully saturated rings. The molecule has 2 aliphatic rings. The van der Waals surface area contributed by atoms with Crippen molar-refractivity contribution in [2.75, 3.05) is 0 Å². The first kappa shape index (κ1) is 41.4. The van der Waals surface area contributed by atoms with Gasteiger partial charge in [0.05, 0.1) is 0 Å². The molecule has 0 unspecified atom stereocenters. The fraction of sp³-hybridized carbons (Fsp3) is 0.396. The van der Waals surface area contributed by atoms with Crippen LogP contribution in [0.25, 0.3) is 11.1 Å². The monoisotopic (exact) mass is 798 g/mol. The fourth-order valence-corrected chi connectivity index (χ4v) is 27.8. The number of allylic oxidation sites excluding steroid dienone is 4. The van der Waals surface area contributed by atoms with Gasteiger partial charge in [-0.05, 0) is 0 Å². The third-order valence-corrected chi connectivity index (χ3v) is 28.7. The van der Waals surface area contributed by atoms with E-state index in [0.29, 0.717) is 0 Å². The summed E-state index contributed by atoms with van der Waals surface area (Å²) < 4.78 is 12.1. The molecule has 4 aromatic carbocycles. The summed E-state index contributed by atoms with van der Waals surface area (Å²) >= 11 is -5.07. The summed E-state index contributed by atoms with van der Waals surface area (Å²) in [6.07, 6.45) is 4.44. The third kappa shape index (κ3) is 6.40. The Labute approximate surface area is 323 Å². The number of rotatable bonds is 4. The van der Waals surface area contributed by atoms with Crippen LogP contribution in [-0.4, -0.2) is 4.21 Å². The van der Waals surface area contributed by atoms with Crippen molar-refractivity contribution in [3.05, 3.63) is 132 Å². The maximum atomic E-state index is 5.97. The van der Waals surface area contributed by atoms with Crippen LogP contribution in [-0.2, 0) is 35.5 Å². The van der Waals surface area contributed by atoms with Crippen LogP contribution in [0.4, 0.5) is 0 Å². The van der Waals surface area contributed by atoms with E-state index in [9.17, 15) is 0 Å². The fourth-order valence-electron chi connectivity index (χ4n) is 9.99. The van der Waals surface area contributed by atoms with E-state index in [4.69, 9.17) is 4.21 Å². The second kappa shape index (κ2) is 13.5. The Morgan fingerprint density at radius 1 is 0.588 bits per heavy atom. The molecule has 51 heavy (non-hydrogen) atoms. The third-order valence-electron chi connectivity index (χ3n) is 12.1. The summed E-state index contributed by atoms with van der Waals surface area (Å²) in [5.74, 6) is 0. The molecule has 0 heterocycles. The van der Waals surface area contributed by atoms with Crippen molar-refractivity contribution in [2.24, 2.45) is 5.41 Å². The predicted octanol–water partition coefficient (Wildman–Crippen LogP) is 12.0. The molecular weight excluding hydrogens is 739 g/mol. The van der Waals surface area contributed by atoms with Gasteiger partial charge < -0.3 is 0 Å². The van der Waals surface area contributed by atoms with Crippen LogP contribution in [0.5, 0.6) is 0 Å². The molecule has 0 N–H and O–H groups in total. The van der Waals surface area contributed by atoms with E-state index in [1.807, 2.05) is 0 Å². The van der Waals surface area contributed by atoms with E-state index in [-0.39, 0.29) is 41.1 Å².